The molecule has 0 radical (unpaired) electrons. The van der Waals surface area contributed by atoms with Gasteiger partial charge in [0.25, 0.3) is 0 Å². The highest BCUT2D eigenvalue weighted by atomic mass is 32.1. The fourth-order valence-corrected chi connectivity index (χ4v) is 4.21. The van der Waals surface area contributed by atoms with Crippen LogP contribution in [0.5, 0.6) is 0 Å². The Bertz CT molecular complexity index is 882. The lowest BCUT2D eigenvalue weighted by Crippen LogP contribution is -2.21. The molecular formula is C15H15N7S. The Hall–Kier alpha value is -2.48. The van der Waals surface area contributed by atoms with Gasteiger partial charge >= 0.3 is 0 Å². The number of hydrogen-bond donors (Lipinski definition) is 2. The molecule has 0 spiro atoms. The lowest BCUT2D eigenvalue weighted by Gasteiger charge is -2.15. The third kappa shape index (κ3) is 2.26. The largest absolute Gasteiger partial charge is 0.384 e. The van der Waals surface area contributed by atoms with E-state index in [0.717, 1.165) is 46.1 Å². The standard InChI is InChI=1S/C15H15N7S/c16-11-4-12(19-7-18-11)21-14-13-10(1-2-17-14)20-15(23-13)22-5-8-3-9(8)6-22/h1-2,4,7-9H,3,5-6H2,(H3,16,17,18,19,21). The monoisotopic (exact) mass is 325 g/mol. The molecule has 0 amide bonds. The van der Waals surface area contributed by atoms with Crippen LogP contribution in [0.2, 0.25) is 0 Å². The van der Waals surface area contributed by atoms with E-state index in [2.05, 4.69) is 25.2 Å². The summed E-state index contributed by atoms with van der Waals surface area (Å²) in [5.74, 6) is 3.60. The summed E-state index contributed by atoms with van der Waals surface area (Å²) in [5, 5.41) is 4.31. The number of aromatic nitrogens is 4. The Morgan fingerprint density at radius 2 is 2.09 bits per heavy atom. The number of fused-ring (bicyclic) bond motifs is 2. The molecule has 3 aromatic heterocycles. The molecule has 1 aliphatic heterocycles. The summed E-state index contributed by atoms with van der Waals surface area (Å²) in [4.78, 5) is 19.7. The quantitative estimate of drug-likeness (QED) is 0.763. The number of nitrogen functional groups attached to an aromatic ring is 1. The highest BCUT2D eigenvalue weighted by Gasteiger charge is 2.45. The smallest absolute Gasteiger partial charge is 0.186 e. The number of rotatable bonds is 3. The van der Waals surface area contributed by atoms with Crippen LogP contribution in [0.15, 0.2) is 24.7 Å². The third-order valence-electron chi connectivity index (χ3n) is 4.48. The van der Waals surface area contributed by atoms with Gasteiger partial charge in [0, 0.05) is 25.4 Å². The second-order valence-corrected chi connectivity index (χ2v) is 7.10. The van der Waals surface area contributed by atoms with Gasteiger partial charge in [0.1, 0.15) is 18.0 Å². The average Bonchev–Trinajstić information content (AvgIpc) is 2.98. The first kappa shape index (κ1) is 13.0. The zero-order chi connectivity index (χ0) is 15.4. The minimum absolute atomic E-state index is 0.427. The molecular weight excluding hydrogens is 310 g/mol. The maximum absolute atomic E-state index is 5.70. The normalized spacial score (nSPS) is 22.3. The molecule has 8 heteroatoms. The number of piperidine rings is 1. The number of nitrogens with one attached hydrogen (secondary N) is 1. The average molecular weight is 325 g/mol. The molecule has 0 bridgehead atoms. The van der Waals surface area contributed by atoms with Gasteiger partial charge in [-0.2, -0.15) is 0 Å². The van der Waals surface area contributed by atoms with Crippen LogP contribution in [0.25, 0.3) is 10.2 Å². The number of pyridine rings is 1. The van der Waals surface area contributed by atoms with Crippen LogP contribution in [0, 0.1) is 11.8 Å². The zero-order valence-electron chi connectivity index (χ0n) is 12.3. The summed E-state index contributed by atoms with van der Waals surface area (Å²) in [7, 11) is 0. The Morgan fingerprint density at radius 1 is 1.22 bits per heavy atom. The highest BCUT2D eigenvalue weighted by Crippen LogP contribution is 2.47. The van der Waals surface area contributed by atoms with Crippen molar-refractivity contribution in [1.29, 1.82) is 0 Å². The zero-order valence-corrected chi connectivity index (χ0v) is 13.1. The van der Waals surface area contributed by atoms with Gasteiger partial charge in [-0.3, -0.25) is 0 Å². The van der Waals surface area contributed by atoms with E-state index in [0.29, 0.717) is 11.6 Å². The van der Waals surface area contributed by atoms with E-state index in [-0.39, 0.29) is 0 Å². The third-order valence-corrected chi connectivity index (χ3v) is 5.62. The molecule has 2 atom stereocenters. The summed E-state index contributed by atoms with van der Waals surface area (Å²) in [5.41, 5.74) is 6.66. The fraction of sp³-hybridized carbons (Fsp3) is 0.333. The maximum Gasteiger partial charge on any atom is 0.186 e. The predicted molar refractivity (Wildman–Crippen MR) is 91.0 cm³/mol. The molecule has 3 aromatic rings. The van der Waals surface area contributed by atoms with Crippen molar-refractivity contribution in [3.05, 3.63) is 24.7 Å². The lowest BCUT2D eigenvalue weighted by molar-refractivity contribution is 0.817. The Morgan fingerprint density at radius 3 is 2.91 bits per heavy atom. The minimum atomic E-state index is 0.427. The van der Waals surface area contributed by atoms with E-state index in [4.69, 9.17) is 10.7 Å². The molecule has 4 heterocycles. The van der Waals surface area contributed by atoms with Crippen molar-refractivity contribution in [2.24, 2.45) is 11.8 Å². The summed E-state index contributed by atoms with van der Waals surface area (Å²) in [6.45, 7) is 2.28. The number of thiazole rings is 1. The van der Waals surface area contributed by atoms with E-state index in [1.165, 1.54) is 12.7 Å². The molecule has 1 aliphatic carbocycles. The van der Waals surface area contributed by atoms with Crippen LogP contribution in [0.3, 0.4) is 0 Å². The van der Waals surface area contributed by atoms with E-state index in [9.17, 15) is 0 Å². The Labute approximate surface area is 136 Å². The maximum atomic E-state index is 5.70. The van der Waals surface area contributed by atoms with Crippen LogP contribution in [0.1, 0.15) is 6.42 Å². The molecule has 1 saturated heterocycles. The van der Waals surface area contributed by atoms with Crippen molar-refractivity contribution in [2.75, 3.05) is 29.0 Å². The van der Waals surface area contributed by atoms with E-state index in [1.807, 2.05) is 6.07 Å². The van der Waals surface area contributed by atoms with Gasteiger partial charge in [0.15, 0.2) is 10.9 Å². The van der Waals surface area contributed by atoms with Crippen molar-refractivity contribution in [1.82, 2.24) is 19.9 Å². The summed E-state index contributed by atoms with van der Waals surface area (Å²) in [6, 6.07) is 3.64. The first-order chi connectivity index (χ1) is 11.3. The number of anilines is 4. The van der Waals surface area contributed by atoms with Gasteiger partial charge in [0.05, 0.1) is 10.2 Å². The Kier molecular flexibility index (Phi) is 2.69. The molecule has 23 heavy (non-hydrogen) atoms. The van der Waals surface area contributed by atoms with Crippen molar-refractivity contribution >= 4 is 44.1 Å². The van der Waals surface area contributed by atoms with E-state index >= 15 is 0 Å². The second kappa shape index (κ2) is 4.76. The fourth-order valence-electron chi connectivity index (χ4n) is 3.18. The second-order valence-electron chi connectivity index (χ2n) is 6.12. The van der Waals surface area contributed by atoms with E-state index in [1.54, 1.807) is 23.6 Å². The highest BCUT2D eigenvalue weighted by molar-refractivity contribution is 7.22. The molecule has 2 unspecified atom stereocenters. The molecule has 2 aliphatic rings. The van der Waals surface area contributed by atoms with Crippen LogP contribution < -0.4 is 16.0 Å². The lowest BCUT2D eigenvalue weighted by atomic mass is 10.4. The SMILES string of the molecule is Nc1cc(Nc2nccc3nc(N4CC5CC5C4)sc23)ncn1. The first-order valence-corrected chi connectivity index (χ1v) is 8.43. The van der Waals surface area contributed by atoms with Crippen LogP contribution in [0.4, 0.5) is 22.6 Å². The van der Waals surface area contributed by atoms with E-state index < -0.39 is 0 Å². The number of nitrogens with two attached hydrogens (primary N) is 1. The van der Waals surface area contributed by atoms with Crippen molar-refractivity contribution in [3.63, 3.8) is 0 Å². The van der Waals surface area contributed by atoms with Crippen molar-refractivity contribution in [2.45, 2.75) is 6.42 Å². The van der Waals surface area contributed by atoms with Crippen LogP contribution >= 0.6 is 11.3 Å². The van der Waals surface area contributed by atoms with Gasteiger partial charge in [-0.1, -0.05) is 11.3 Å². The molecule has 2 fully saturated rings. The molecule has 7 nitrogen and oxygen atoms in total. The molecule has 0 aromatic carbocycles. The van der Waals surface area contributed by atoms with Gasteiger partial charge in [-0.25, -0.2) is 19.9 Å². The summed E-state index contributed by atoms with van der Waals surface area (Å²) >= 11 is 1.68. The molecule has 116 valence electrons. The number of nitrogens with zero attached hydrogens (tertiary/aromatic N) is 5. The Balaban J connectivity index is 1.50. The van der Waals surface area contributed by atoms with Crippen LogP contribution in [-0.2, 0) is 0 Å². The molecule has 1 saturated carbocycles. The van der Waals surface area contributed by atoms with Crippen molar-refractivity contribution < 1.29 is 0 Å². The van der Waals surface area contributed by atoms with Gasteiger partial charge < -0.3 is 16.0 Å². The van der Waals surface area contributed by atoms with Crippen LogP contribution in [-0.4, -0.2) is 33.0 Å². The molecule has 5 rings (SSSR count). The molecule has 3 N–H and O–H groups in total. The van der Waals surface area contributed by atoms with Gasteiger partial charge in [-0.15, -0.1) is 0 Å². The number of hydrogen-bond acceptors (Lipinski definition) is 8. The summed E-state index contributed by atoms with van der Waals surface area (Å²) in [6.07, 6.45) is 4.59. The first-order valence-electron chi connectivity index (χ1n) is 7.61. The predicted octanol–water partition coefficient (Wildman–Crippen LogP) is 2.26. The minimum Gasteiger partial charge on any atom is -0.384 e. The van der Waals surface area contributed by atoms with Gasteiger partial charge in [0.2, 0.25) is 0 Å². The van der Waals surface area contributed by atoms with Crippen molar-refractivity contribution in [3.8, 4) is 0 Å². The van der Waals surface area contributed by atoms with Gasteiger partial charge in [-0.05, 0) is 24.3 Å². The summed E-state index contributed by atoms with van der Waals surface area (Å²) < 4.78 is 1.04. The topological polar surface area (TPSA) is 92.8 Å².